The standard InChI is InChI=1S/C39H32N2O2/c1-23-22-26(38(42)40-36-24(2)28-12-4-6-14-30(28)32-16-8-10-18-34(32)36)20-21-27(23)39(43)41-37-25(3)29-13-5-7-15-31(29)33-17-9-11-19-35(33)37/h4-9,11-17,19-22H,10,18H2,1-3H3,(H,40,42)(H,41,43)/p+1. The molecular formula is C39H33N2O2+. The van der Waals surface area contributed by atoms with Gasteiger partial charge in [-0.3, -0.25) is 4.79 Å². The van der Waals surface area contributed by atoms with Crippen molar-refractivity contribution in [3.05, 3.63) is 136 Å². The number of nitrogens with one attached hydrogen (secondary N) is 1. The van der Waals surface area contributed by atoms with Gasteiger partial charge in [-0.1, -0.05) is 78.9 Å². The van der Waals surface area contributed by atoms with Crippen molar-refractivity contribution in [2.24, 2.45) is 0 Å². The molecule has 210 valence electrons. The smallest absolute Gasteiger partial charge is 0.321 e. The summed E-state index contributed by atoms with van der Waals surface area (Å²) in [5.74, 6) is -0.239. The van der Waals surface area contributed by atoms with Gasteiger partial charge in [0.25, 0.3) is 5.91 Å². The van der Waals surface area contributed by atoms with Gasteiger partial charge in [0.1, 0.15) is 5.69 Å². The lowest BCUT2D eigenvalue weighted by molar-refractivity contribution is -0.462. The molecule has 4 heteroatoms. The molecule has 6 aromatic rings. The maximum absolute atomic E-state index is 13.7. The third-order valence-corrected chi connectivity index (χ3v) is 8.98. The molecule has 0 radical (unpaired) electrons. The molecule has 1 aliphatic carbocycles. The monoisotopic (exact) mass is 561 g/mol. The van der Waals surface area contributed by atoms with Crippen LogP contribution < -0.4 is 10.6 Å². The molecule has 4 nitrogen and oxygen atoms in total. The van der Waals surface area contributed by atoms with Crippen LogP contribution >= 0.6 is 0 Å². The highest BCUT2D eigenvalue weighted by Gasteiger charge is 2.23. The molecule has 7 rings (SSSR count). The second-order valence-electron chi connectivity index (χ2n) is 11.5. The third-order valence-electron chi connectivity index (χ3n) is 8.98. The van der Waals surface area contributed by atoms with Gasteiger partial charge in [-0.2, -0.15) is 0 Å². The molecule has 0 bridgehead atoms. The number of aryl methyl sites for hydroxylation is 3. The molecule has 0 saturated carbocycles. The summed E-state index contributed by atoms with van der Waals surface area (Å²) >= 11 is 0. The number of carbonyl (C=O) groups excluding carboxylic acids is 2. The van der Waals surface area contributed by atoms with Crippen molar-refractivity contribution < 1.29 is 14.9 Å². The summed E-state index contributed by atoms with van der Waals surface area (Å²) in [6.07, 6.45) is 6.22. The number of amides is 2. The summed E-state index contributed by atoms with van der Waals surface area (Å²) in [7, 11) is 0. The molecule has 0 aliphatic heterocycles. The van der Waals surface area contributed by atoms with E-state index in [1.807, 2.05) is 37.3 Å². The Morgan fingerprint density at radius 1 is 0.698 bits per heavy atom. The Morgan fingerprint density at radius 3 is 2.00 bits per heavy atom. The second-order valence-corrected chi connectivity index (χ2v) is 11.5. The van der Waals surface area contributed by atoms with E-state index in [1.165, 1.54) is 21.9 Å². The fourth-order valence-electron chi connectivity index (χ4n) is 6.76. The van der Waals surface area contributed by atoms with Crippen LogP contribution in [-0.2, 0) is 6.42 Å². The van der Waals surface area contributed by atoms with Gasteiger partial charge in [-0.15, -0.1) is 0 Å². The average molecular weight is 562 g/mol. The van der Waals surface area contributed by atoms with E-state index in [2.05, 4.69) is 79.8 Å². The van der Waals surface area contributed by atoms with E-state index in [9.17, 15) is 9.59 Å². The van der Waals surface area contributed by atoms with Crippen LogP contribution in [-0.4, -0.2) is 11.8 Å². The minimum absolute atomic E-state index is 0.0702. The first-order chi connectivity index (χ1) is 20.9. The summed E-state index contributed by atoms with van der Waals surface area (Å²) in [4.78, 5) is 27.3. The molecule has 0 fully saturated rings. The van der Waals surface area contributed by atoms with Crippen LogP contribution in [0.1, 0.15) is 55.0 Å². The minimum Gasteiger partial charge on any atom is -0.321 e. The van der Waals surface area contributed by atoms with Crippen LogP contribution in [0.3, 0.4) is 0 Å². The topological polar surface area (TPSA) is 62.8 Å². The van der Waals surface area contributed by atoms with Gasteiger partial charge in [0.2, 0.25) is 0 Å². The molecule has 0 aromatic heterocycles. The van der Waals surface area contributed by atoms with E-state index in [0.29, 0.717) is 11.1 Å². The molecule has 3 N–H and O–H groups in total. The number of nitrogens with two attached hydrogens (primary N) is 1. The normalized spacial score (nSPS) is 12.5. The lowest BCUT2D eigenvalue weighted by Crippen LogP contribution is -2.82. The van der Waals surface area contributed by atoms with Crippen molar-refractivity contribution in [3.8, 4) is 0 Å². The lowest BCUT2D eigenvalue weighted by atomic mass is 9.87. The fraction of sp³-hybridized carbons (Fsp3) is 0.128. The number of fused-ring (bicyclic) bond motifs is 6. The van der Waals surface area contributed by atoms with E-state index in [-0.39, 0.29) is 11.8 Å². The van der Waals surface area contributed by atoms with Crippen molar-refractivity contribution in [3.63, 3.8) is 0 Å². The quantitative estimate of drug-likeness (QED) is 0.168. The summed E-state index contributed by atoms with van der Waals surface area (Å²) in [5, 5.41) is 11.9. The SMILES string of the molecule is Cc1cc(C(=O)Nc2c3c(c4ccccc4c2C)C=CCC3)ccc1C(=O)[NH2+]c1c(C)c2ccccc2c2ccccc12. The van der Waals surface area contributed by atoms with Gasteiger partial charge in [0, 0.05) is 22.2 Å². The van der Waals surface area contributed by atoms with Crippen LogP contribution in [0.25, 0.3) is 38.4 Å². The Balaban J connectivity index is 1.20. The Labute approximate surface area is 251 Å². The zero-order chi connectivity index (χ0) is 29.7. The molecule has 0 saturated heterocycles. The van der Waals surface area contributed by atoms with Gasteiger partial charge in [-0.05, 0) is 107 Å². The number of quaternary nitrogens is 1. The number of benzene rings is 6. The first kappa shape index (κ1) is 26.8. The van der Waals surface area contributed by atoms with Gasteiger partial charge in [0.15, 0.2) is 0 Å². The van der Waals surface area contributed by atoms with Crippen molar-refractivity contribution in [2.75, 3.05) is 5.32 Å². The Morgan fingerprint density at radius 2 is 1.30 bits per heavy atom. The molecule has 2 amide bonds. The van der Waals surface area contributed by atoms with Crippen LogP contribution in [0.4, 0.5) is 11.4 Å². The summed E-state index contributed by atoms with van der Waals surface area (Å²) in [6.45, 7) is 6.06. The van der Waals surface area contributed by atoms with Crippen LogP contribution in [0, 0.1) is 20.8 Å². The largest absolute Gasteiger partial charge is 0.347 e. The first-order valence-corrected chi connectivity index (χ1v) is 14.8. The summed E-state index contributed by atoms with van der Waals surface area (Å²) in [5.41, 5.74) is 8.27. The van der Waals surface area contributed by atoms with Gasteiger partial charge < -0.3 is 5.32 Å². The fourth-order valence-corrected chi connectivity index (χ4v) is 6.76. The molecule has 0 spiro atoms. The van der Waals surface area contributed by atoms with Gasteiger partial charge in [-0.25, -0.2) is 10.1 Å². The van der Waals surface area contributed by atoms with E-state index in [1.54, 1.807) is 17.4 Å². The highest BCUT2D eigenvalue weighted by molar-refractivity contribution is 6.14. The zero-order valence-corrected chi connectivity index (χ0v) is 24.6. The number of carbonyl (C=O) groups is 2. The minimum atomic E-state index is -0.169. The number of hydrogen-bond donors (Lipinski definition) is 2. The van der Waals surface area contributed by atoms with Crippen LogP contribution in [0.2, 0.25) is 0 Å². The number of allylic oxidation sites excluding steroid dienone is 1. The molecular weight excluding hydrogens is 528 g/mol. The van der Waals surface area contributed by atoms with E-state index >= 15 is 0 Å². The third kappa shape index (κ3) is 4.52. The van der Waals surface area contributed by atoms with Crippen molar-refractivity contribution in [1.82, 2.24) is 0 Å². The molecule has 0 unspecified atom stereocenters. The van der Waals surface area contributed by atoms with Crippen molar-refractivity contribution >= 4 is 61.6 Å². The molecule has 0 atom stereocenters. The number of primary amides is 1. The van der Waals surface area contributed by atoms with E-state index < -0.39 is 0 Å². The predicted octanol–water partition coefficient (Wildman–Crippen LogP) is 8.32. The van der Waals surface area contributed by atoms with Crippen molar-refractivity contribution in [1.29, 1.82) is 0 Å². The van der Waals surface area contributed by atoms with Gasteiger partial charge >= 0.3 is 5.91 Å². The molecule has 0 heterocycles. The number of hydrogen-bond acceptors (Lipinski definition) is 2. The Bertz CT molecular complexity index is 2160. The molecule has 1 aliphatic rings. The Kier molecular flexibility index (Phi) is 6.64. The second kappa shape index (κ2) is 10.6. The zero-order valence-electron chi connectivity index (χ0n) is 24.6. The molecule has 6 aromatic carbocycles. The van der Waals surface area contributed by atoms with Crippen molar-refractivity contribution in [2.45, 2.75) is 33.6 Å². The maximum atomic E-state index is 13.7. The maximum Gasteiger partial charge on any atom is 0.347 e. The summed E-state index contributed by atoms with van der Waals surface area (Å²) < 4.78 is 0. The van der Waals surface area contributed by atoms with E-state index in [4.69, 9.17) is 0 Å². The summed E-state index contributed by atoms with van der Waals surface area (Å²) in [6, 6.07) is 30.3. The average Bonchev–Trinajstić information content (AvgIpc) is 3.04. The van der Waals surface area contributed by atoms with Crippen LogP contribution in [0.15, 0.2) is 97.1 Å². The lowest BCUT2D eigenvalue weighted by Gasteiger charge is -2.22. The van der Waals surface area contributed by atoms with Gasteiger partial charge in [0.05, 0.1) is 5.56 Å². The highest BCUT2D eigenvalue weighted by Crippen LogP contribution is 2.38. The highest BCUT2D eigenvalue weighted by atomic mass is 16.2. The molecule has 43 heavy (non-hydrogen) atoms. The first-order valence-electron chi connectivity index (χ1n) is 14.8. The van der Waals surface area contributed by atoms with Crippen LogP contribution in [0.5, 0.6) is 0 Å². The Hall–Kier alpha value is -5.06. The number of anilines is 1. The predicted molar refractivity (Wildman–Crippen MR) is 177 cm³/mol. The van der Waals surface area contributed by atoms with E-state index in [0.717, 1.165) is 62.5 Å². The number of rotatable bonds is 4.